The first-order valence-electron chi connectivity index (χ1n) is 9.03. The molecule has 0 spiro atoms. The largest absolute Gasteiger partial charge is 0.496 e. The SMILES string of the molecule is COc1cccc2c1C(=O)c1c(ccc3c(=O)cc(-c4ccccc4)oc13)C2=O. The van der Waals surface area contributed by atoms with Crippen molar-refractivity contribution in [2.24, 2.45) is 0 Å². The molecule has 0 aliphatic heterocycles. The van der Waals surface area contributed by atoms with Crippen molar-refractivity contribution in [1.29, 1.82) is 0 Å². The molecule has 140 valence electrons. The van der Waals surface area contributed by atoms with Gasteiger partial charge in [0.25, 0.3) is 0 Å². The average molecular weight is 382 g/mol. The third-order valence-corrected chi connectivity index (χ3v) is 5.15. The van der Waals surface area contributed by atoms with Crippen molar-refractivity contribution in [2.45, 2.75) is 0 Å². The molecule has 0 N–H and O–H groups in total. The Bertz CT molecular complexity index is 1380. The van der Waals surface area contributed by atoms with Crippen molar-refractivity contribution in [3.05, 3.63) is 99.2 Å². The molecule has 0 bridgehead atoms. The standard InChI is InChI=1S/C24H14O5/c1-28-18-9-5-8-15-20(18)23(27)21-16(22(15)26)11-10-14-17(25)12-19(29-24(14)21)13-6-3-2-4-7-13/h2-12H,1H3. The number of ether oxygens (including phenoxy) is 1. The second-order valence-corrected chi connectivity index (χ2v) is 6.75. The summed E-state index contributed by atoms with van der Waals surface area (Å²) in [6.45, 7) is 0. The third-order valence-electron chi connectivity index (χ3n) is 5.15. The lowest BCUT2D eigenvalue weighted by Crippen LogP contribution is -2.22. The lowest BCUT2D eigenvalue weighted by Gasteiger charge is -2.20. The van der Waals surface area contributed by atoms with E-state index in [9.17, 15) is 14.4 Å². The predicted octanol–water partition coefficient (Wildman–Crippen LogP) is 4.24. The van der Waals surface area contributed by atoms with Crippen LogP contribution in [-0.4, -0.2) is 18.7 Å². The number of hydrogen-bond donors (Lipinski definition) is 0. The van der Waals surface area contributed by atoms with Crippen molar-refractivity contribution >= 4 is 22.5 Å². The van der Waals surface area contributed by atoms with Gasteiger partial charge in [0, 0.05) is 22.8 Å². The van der Waals surface area contributed by atoms with Crippen molar-refractivity contribution in [3.63, 3.8) is 0 Å². The summed E-state index contributed by atoms with van der Waals surface area (Å²) >= 11 is 0. The van der Waals surface area contributed by atoms with E-state index in [1.54, 1.807) is 18.2 Å². The van der Waals surface area contributed by atoms with E-state index in [2.05, 4.69) is 0 Å². The molecule has 5 nitrogen and oxygen atoms in total. The maximum Gasteiger partial charge on any atom is 0.202 e. The fraction of sp³-hybridized carbons (Fsp3) is 0.0417. The summed E-state index contributed by atoms with van der Waals surface area (Å²) in [5, 5.41) is 0.253. The molecule has 4 aromatic rings. The van der Waals surface area contributed by atoms with E-state index < -0.39 is 5.78 Å². The lowest BCUT2D eigenvalue weighted by atomic mass is 9.82. The fourth-order valence-electron chi connectivity index (χ4n) is 3.77. The van der Waals surface area contributed by atoms with E-state index in [-0.39, 0.29) is 44.4 Å². The molecule has 0 amide bonds. The molecule has 0 fully saturated rings. The zero-order valence-electron chi connectivity index (χ0n) is 15.4. The van der Waals surface area contributed by atoms with Crippen LogP contribution in [0.1, 0.15) is 31.8 Å². The summed E-state index contributed by atoms with van der Waals surface area (Å²) in [7, 11) is 1.44. The summed E-state index contributed by atoms with van der Waals surface area (Å²) in [5.41, 5.74) is 1.32. The van der Waals surface area contributed by atoms with Crippen molar-refractivity contribution in [2.75, 3.05) is 7.11 Å². The zero-order chi connectivity index (χ0) is 20.1. The lowest BCUT2D eigenvalue weighted by molar-refractivity contribution is 0.0977. The van der Waals surface area contributed by atoms with Gasteiger partial charge in [-0.15, -0.1) is 0 Å². The minimum atomic E-state index is -0.397. The molecule has 5 rings (SSSR count). The molecule has 29 heavy (non-hydrogen) atoms. The van der Waals surface area contributed by atoms with Crippen LogP contribution in [0.2, 0.25) is 0 Å². The van der Waals surface area contributed by atoms with Gasteiger partial charge in [-0.2, -0.15) is 0 Å². The molecule has 0 atom stereocenters. The second kappa shape index (κ2) is 6.27. The van der Waals surface area contributed by atoms with E-state index in [0.717, 1.165) is 0 Å². The third kappa shape index (κ3) is 2.44. The topological polar surface area (TPSA) is 73.6 Å². The zero-order valence-corrected chi connectivity index (χ0v) is 15.4. The Morgan fingerprint density at radius 2 is 1.52 bits per heavy atom. The van der Waals surface area contributed by atoms with Gasteiger partial charge in [-0.3, -0.25) is 14.4 Å². The van der Waals surface area contributed by atoms with Crippen molar-refractivity contribution in [1.82, 2.24) is 0 Å². The Morgan fingerprint density at radius 3 is 2.28 bits per heavy atom. The smallest absolute Gasteiger partial charge is 0.202 e. The van der Waals surface area contributed by atoms with Gasteiger partial charge in [0.05, 0.1) is 23.6 Å². The first-order valence-corrected chi connectivity index (χ1v) is 9.03. The van der Waals surface area contributed by atoms with Crippen LogP contribution in [0.25, 0.3) is 22.3 Å². The number of benzene rings is 3. The number of carbonyl (C=O) groups is 2. The van der Waals surface area contributed by atoms with Crippen LogP contribution in [0, 0.1) is 0 Å². The van der Waals surface area contributed by atoms with E-state index in [1.165, 1.54) is 25.3 Å². The fourth-order valence-corrected chi connectivity index (χ4v) is 3.77. The summed E-state index contributed by atoms with van der Waals surface area (Å²) in [6.07, 6.45) is 0. The molecular weight excluding hydrogens is 368 g/mol. The number of rotatable bonds is 2. The van der Waals surface area contributed by atoms with Crippen LogP contribution in [0.5, 0.6) is 5.75 Å². The van der Waals surface area contributed by atoms with Gasteiger partial charge in [-0.1, -0.05) is 42.5 Å². The van der Waals surface area contributed by atoms with Gasteiger partial charge in [-0.25, -0.2) is 0 Å². The van der Waals surface area contributed by atoms with E-state index in [0.29, 0.717) is 17.1 Å². The normalized spacial score (nSPS) is 12.6. The average Bonchev–Trinajstić information content (AvgIpc) is 2.76. The molecule has 0 unspecified atom stereocenters. The first-order chi connectivity index (χ1) is 14.1. The first kappa shape index (κ1) is 17.1. The van der Waals surface area contributed by atoms with E-state index in [1.807, 2.05) is 30.3 Å². The Kier molecular flexibility index (Phi) is 3.71. The monoisotopic (exact) mass is 382 g/mol. The molecule has 0 saturated heterocycles. The summed E-state index contributed by atoms with van der Waals surface area (Å²) in [4.78, 5) is 39.2. The summed E-state index contributed by atoms with van der Waals surface area (Å²) in [6, 6.07) is 18.5. The number of methoxy groups -OCH3 is 1. The quantitative estimate of drug-likeness (QED) is 0.456. The Morgan fingerprint density at radius 1 is 0.759 bits per heavy atom. The molecule has 0 radical (unpaired) electrons. The maximum absolute atomic E-state index is 13.4. The number of ketones is 2. The van der Waals surface area contributed by atoms with Gasteiger partial charge in [0.1, 0.15) is 11.5 Å². The Labute approximate surface area is 165 Å². The Hall–Kier alpha value is -3.99. The van der Waals surface area contributed by atoms with Crippen LogP contribution in [0.4, 0.5) is 0 Å². The summed E-state index contributed by atoms with van der Waals surface area (Å²) < 4.78 is 11.3. The maximum atomic E-state index is 13.4. The minimum Gasteiger partial charge on any atom is -0.496 e. The van der Waals surface area contributed by atoms with E-state index in [4.69, 9.17) is 9.15 Å². The molecule has 1 aliphatic carbocycles. The number of hydrogen-bond acceptors (Lipinski definition) is 5. The molecule has 1 aromatic heterocycles. The molecule has 3 aromatic carbocycles. The van der Waals surface area contributed by atoms with Gasteiger partial charge >= 0.3 is 0 Å². The highest BCUT2D eigenvalue weighted by molar-refractivity contribution is 6.32. The van der Waals surface area contributed by atoms with E-state index >= 15 is 0 Å². The van der Waals surface area contributed by atoms with Crippen molar-refractivity contribution in [3.8, 4) is 17.1 Å². The van der Waals surface area contributed by atoms with Crippen LogP contribution >= 0.6 is 0 Å². The highest BCUT2D eigenvalue weighted by Crippen LogP contribution is 2.36. The molecule has 1 aliphatic rings. The number of carbonyl (C=O) groups excluding carboxylic acids is 2. The van der Waals surface area contributed by atoms with Crippen LogP contribution < -0.4 is 10.2 Å². The molecule has 0 saturated carbocycles. The summed E-state index contributed by atoms with van der Waals surface area (Å²) in [5.74, 6) is -0.0539. The Balaban J connectivity index is 1.86. The van der Waals surface area contributed by atoms with Crippen LogP contribution in [-0.2, 0) is 0 Å². The second-order valence-electron chi connectivity index (χ2n) is 6.75. The van der Waals surface area contributed by atoms with Gasteiger partial charge < -0.3 is 9.15 Å². The predicted molar refractivity (Wildman–Crippen MR) is 108 cm³/mol. The highest BCUT2D eigenvalue weighted by atomic mass is 16.5. The minimum absolute atomic E-state index is 0.0966. The van der Waals surface area contributed by atoms with Gasteiger partial charge in [0.15, 0.2) is 16.8 Å². The molecular formula is C24H14O5. The van der Waals surface area contributed by atoms with Crippen LogP contribution in [0.3, 0.4) is 0 Å². The molecule has 5 heteroatoms. The number of fused-ring (bicyclic) bond motifs is 4. The highest BCUT2D eigenvalue weighted by Gasteiger charge is 2.35. The van der Waals surface area contributed by atoms with Gasteiger partial charge in [0.2, 0.25) is 5.78 Å². The van der Waals surface area contributed by atoms with Gasteiger partial charge in [-0.05, 0) is 18.2 Å². The molecule has 1 heterocycles. The van der Waals surface area contributed by atoms with Crippen molar-refractivity contribution < 1.29 is 18.7 Å². The van der Waals surface area contributed by atoms with Crippen LogP contribution in [0.15, 0.2) is 75.9 Å².